The number of furan rings is 1. The molecule has 0 fully saturated rings. The van der Waals surface area contributed by atoms with Crippen LogP contribution in [0.5, 0.6) is 0 Å². The van der Waals surface area contributed by atoms with Gasteiger partial charge in [-0.1, -0.05) is 0 Å². The van der Waals surface area contributed by atoms with E-state index in [0.29, 0.717) is 0 Å². The number of fused-ring (bicyclic) bond motifs is 1. The predicted octanol–water partition coefficient (Wildman–Crippen LogP) is 3.19. The van der Waals surface area contributed by atoms with Gasteiger partial charge in [0.15, 0.2) is 5.58 Å². The van der Waals surface area contributed by atoms with Crippen LogP contribution in [0, 0.1) is 3.70 Å². The summed E-state index contributed by atoms with van der Waals surface area (Å²) in [5.74, 6) is 0. The summed E-state index contributed by atoms with van der Waals surface area (Å²) in [6.07, 6.45) is 1.65. The highest BCUT2D eigenvalue weighted by molar-refractivity contribution is 14.1. The molecule has 0 aliphatic heterocycles. The number of hydrogen-bond acceptors (Lipinski definition) is 2. The Labute approximate surface area is 85.3 Å². The van der Waals surface area contributed by atoms with Crippen LogP contribution in [0.1, 0.15) is 0 Å². The minimum absolute atomic E-state index is 0.817. The molecule has 2 aromatic rings. The molecular formula is C7H3BrINO. The Bertz CT molecular complexity index is 398. The first-order chi connectivity index (χ1) is 5.27. The molecular weight excluding hydrogens is 321 g/mol. The van der Waals surface area contributed by atoms with Crippen molar-refractivity contribution in [1.82, 2.24) is 4.98 Å². The van der Waals surface area contributed by atoms with Gasteiger partial charge in [0.2, 0.25) is 0 Å². The molecule has 0 radical (unpaired) electrons. The van der Waals surface area contributed by atoms with E-state index < -0.39 is 0 Å². The highest BCUT2D eigenvalue weighted by atomic mass is 127. The number of pyridine rings is 1. The first-order valence-corrected chi connectivity index (χ1v) is 4.84. The van der Waals surface area contributed by atoms with Crippen molar-refractivity contribution in [2.24, 2.45) is 0 Å². The molecule has 0 unspecified atom stereocenters. The normalized spacial score (nSPS) is 10.7. The van der Waals surface area contributed by atoms with Gasteiger partial charge in [0.05, 0.1) is 4.47 Å². The van der Waals surface area contributed by atoms with E-state index in [-0.39, 0.29) is 0 Å². The summed E-state index contributed by atoms with van der Waals surface area (Å²) in [6, 6.07) is 3.83. The van der Waals surface area contributed by atoms with Gasteiger partial charge in [-0.2, -0.15) is 0 Å². The quantitative estimate of drug-likeness (QED) is 0.549. The Morgan fingerprint density at radius 1 is 1.45 bits per heavy atom. The third-order valence-electron chi connectivity index (χ3n) is 1.34. The van der Waals surface area contributed by atoms with Crippen molar-refractivity contribution in [2.45, 2.75) is 0 Å². The largest absolute Gasteiger partial charge is 0.461 e. The lowest BCUT2D eigenvalue weighted by atomic mass is 10.4. The average molecular weight is 324 g/mol. The standard InChI is InChI=1S/C7H3BrINO/c8-4-3-11-5-1-2-6(9)10-7(4)5/h1-3H. The van der Waals surface area contributed by atoms with E-state index in [1.807, 2.05) is 12.1 Å². The van der Waals surface area contributed by atoms with Crippen LogP contribution in [0.3, 0.4) is 0 Å². The van der Waals surface area contributed by atoms with Crippen LogP contribution in [-0.2, 0) is 0 Å². The number of rotatable bonds is 0. The van der Waals surface area contributed by atoms with Gasteiger partial charge < -0.3 is 4.42 Å². The fourth-order valence-electron chi connectivity index (χ4n) is 0.860. The van der Waals surface area contributed by atoms with Crippen LogP contribution in [0.15, 0.2) is 27.3 Å². The molecule has 2 nitrogen and oxygen atoms in total. The van der Waals surface area contributed by atoms with Gasteiger partial charge in [-0.15, -0.1) is 0 Å². The molecule has 4 heteroatoms. The maximum atomic E-state index is 5.19. The number of nitrogens with zero attached hydrogens (tertiary/aromatic N) is 1. The molecule has 0 aliphatic rings. The zero-order valence-corrected chi connectivity index (χ0v) is 9.09. The summed E-state index contributed by atoms with van der Waals surface area (Å²) in [5.41, 5.74) is 1.70. The van der Waals surface area contributed by atoms with E-state index in [2.05, 4.69) is 43.5 Å². The lowest BCUT2D eigenvalue weighted by Crippen LogP contribution is -1.77. The maximum absolute atomic E-state index is 5.19. The third-order valence-corrected chi connectivity index (χ3v) is 2.50. The molecule has 0 aliphatic carbocycles. The summed E-state index contributed by atoms with van der Waals surface area (Å²) in [4.78, 5) is 4.28. The molecule has 0 saturated carbocycles. The number of halogens is 2. The first-order valence-electron chi connectivity index (χ1n) is 2.96. The monoisotopic (exact) mass is 323 g/mol. The lowest BCUT2D eigenvalue weighted by Gasteiger charge is -1.88. The Morgan fingerprint density at radius 2 is 2.27 bits per heavy atom. The highest BCUT2D eigenvalue weighted by Crippen LogP contribution is 2.24. The first kappa shape index (κ1) is 7.54. The molecule has 11 heavy (non-hydrogen) atoms. The van der Waals surface area contributed by atoms with Crippen molar-refractivity contribution in [1.29, 1.82) is 0 Å². The topological polar surface area (TPSA) is 26.0 Å². The minimum Gasteiger partial charge on any atom is -0.461 e. The van der Waals surface area contributed by atoms with Gasteiger partial charge in [-0.05, 0) is 50.7 Å². The molecule has 0 aromatic carbocycles. The zero-order valence-electron chi connectivity index (χ0n) is 5.34. The fraction of sp³-hybridized carbons (Fsp3) is 0. The SMILES string of the molecule is Brc1coc2ccc(I)nc12. The molecule has 56 valence electrons. The Balaban J connectivity index is 2.87. The summed E-state index contributed by atoms with van der Waals surface area (Å²) in [5, 5.41) is 0. The highest BCUT2D eigenvalue weighted by Gasteiger charge is 2.03. The van der Waals surface area contributed by atoms with Crippen molar-refractivity contribution >= 4 is 49.6 Å². The van der Waals surface area contributed by atoms with E-state index in [1.165, 1.54) is 0 Å². The second-order valence-corrected chi connectivity index (χ2v) is 4.02. The van der Waals surface area contributed by atoms with Gasteiger partial charge in [0.25, 0.3) is 0 Å². The minimum atomic E-state index is 0.817. The summed E-state index contributed by atoms with van der Waals surface area (Å²) in [7, 11) is 0. The molecule has 0 bridgehead atoms. The molecule has 0 N–H and O–H groups in total. The van der Waals surface area contributed by atoms with Crippen LogP contribution >= 0.6 is 38.5 Å². The second kappa shape index (κ2) is 2.75. The average Bonchev–Trinajstić information content (AvgIpc) is 2.33. The number of aromatic nitrogens is 1. The van der Waals surface area contributed by atoms with Crippen molar-refractivity contribution in [3.8, 4) is 0 Å². The molecule has 0 spiro atoms. The van der Waals surface area contributed by atoms with Gasteiger partial charge >= 0.3 is 0 Å². The number of hydrogen-bond donors (Lipinski definition) is 0. The van der Waals surface area contributed by atoms with E-state index >= 15 is 0 Å². The Morgan fingerprint density at radius 3 is 3.09 bits per heavy atom. The predicted molar refractivity (Wildman–Crippen MR) is 54.4 cm³/mol. The van der Waals surface area contributed by atoms with Crippen molar-refractivity contribution in [2.75, 3.05) is 0 Å². The zero-order chi connectivity index (χ0) is 7.84. The molecule has 0 saturated heterocycles. The van der Waals surface area contributed by atoms with E-state index in [9.17, 15) is 0 Å². The molecule has 0 amide bonds. The van der Waals surface area contributed by atoms with Crippen molar-refractivity contribution in [3.63, 3.8) is 0 Å². The summed E-state index contributed by atoms with van der Waals surface area (Å²) < 4.78 is 7.07. The van der Waals surface area contributed by atoms with Gasteiger partial charge in [-0.3, -0.25) is 0 Å². The Hall–Kier alpha value is -0.100. The van der Waals surface area contributed by atoms with Crippen molar-refractivity contribution < 1.29 is 4.42 Å². The van der Waals surface area contributed by atoms with Crippen LogP contribution in [0.25, 0.3) is 11.1 Å². The van der Waals surface area contributed by atoms with Crippen LogP contribution in [-0.4, -0.2) is 4.98 Å². The molecule has 2 aromatic heterocycles. The maximum Gasteiger partial charge on any atom is 0.153 e. The Kier molecular flexibility index (Phi) is 1.88. The van der Waals surface area contributed by atoms with Crippen molar-refractivity contribution in [3.05, 3.63) is 26.6 Å². The third kappa shape index (κ3) is 1.29. The fourth-order valence-corrected chi connectivity index (χ4v) is 1.66. The van der Waals surface area contributed by atoms with E-state index in [0.717, 1.165) is 19.3 Å². The smallest absolute Gasteiger partial charge is 0.153 e. The summed E-state index contributed by atoms with van der Waals surface area (Å²) >= 11 is 5.51. The van der Waals surface area contributed by atoms with Gasteiger partial charge in [0.1, 0.15) is 15.5 Å². The van der Waals surface area contributed by atoms with Crippen LogP contribution in [0.2, 0.25) is 0 Å². The van der Waals surface area contributed by atoms with Crippen LogP contribution in [0.4, 0.5) is 0 Å². The van der Waals surface area contributed by atoms with E-state index in [4.69, 9.17) is 4.42 Å². The van der Waals surface area contributed by atoms with E-state index in [1.54, 1.807) is 6.26 Å². The van der Waals surface area contributed by atoms with Gasteiger partial charge in [-0.25, -0.2) is 4.98 Å². The molecule has 0 atom stereocenters. The summed E-state index contributed by atoms with van der Waals surface area (Å²) in [6.45, 7) is 0. The van der Waals surface area contributed by atoms with Gasteiger partial charge in [0, 0.05) is 0 Å². The van der Waals surface area contributed by atoms with Crippen LogP contribution < -0.4 is 0 Å². The lowest BCUT2D eigenvalue weighted by molar-refractivity contribution is 0.613. The second-order valence-electron chi connectivity index (χ2n) is 2.06. The molecule has 2 rings (SSSR count). The molecule has 2 heterocycles.